The van der Waals surface area contributed by atoms with Crippen molar-refractivity contribution in [1.82, 2.24) is 0 Å². The first-order chi connectivity index (χ1) is 4.16. The highest BCUT2D eigenvalue weighted by Gasteiger charge is 2.00. The van der Waals surface area contributed by atoms with E-state index in [4.69, 9.17) is 5.11 Å². The lowest BCUT2D eigenvalue weighted by atomic mass is 10.1. The fourth-order valence-corrected chi connectivity index (χ4v) is 0.687. The minimum atomic E-state index is -0.359. The van der Waals surface area contributed by atoms with Gasteiger partial charge in [0.05, 0.1) is 6.10 Å². The first-order valence-electron chi connectivity index (χ1n) is 3.20. The summed E-state index contributed by atoms with van der Waals surface area (Å²) in [5, 5.41) is 9.06. The van der Waals surface area contributed by atoms with Gasteiger partial charge < -0.3 is 5.11 Å². The summed E-state index contributed by atoms with van der Waals surface area (Å²) >= 11 is 0. The molecule has 0 aromatic carbocycles. The molecule has 0 saturated heterocycles. The van der Waals surface area contributed by atoms with Crippen LogP contribution in [0.25, 0.3) is 0 Å². The second-order valence-corrected chi connectivity index (χ2v) is 2.57. The minimum absolute atomic E-state index is 0.359. The van der Waals surface area contributed by atoms with Gasteiger partial charge in [-0.1, -0.05) is 20.4 Å². The highest BCUT2D eigenvalue weighted by molar-refractivity contribution is 4.84. The lowest BCUT2D eigenvalue weighted by Crippen LogP contribution is -2.05. The zero-order valence-electron chi connectivity index (χ0n) is 6.09. The van der Waals surface area contributed by atoms with Crippen molar-refractivity contribution in [2.45, 2.75) is 26.4 Å². The summed E-state index contributed by atoms with van der Waals surface area (Å²) in [4.78, 5) is 0. The molecule has 0 aliphatic rings. The summed E-state index contributed by atoms with van der Waals surface area (Å²) in [7, 11) is 0. The quantitative estimate of drug-likeness (QED) is 0.571. The number of aliphatic hydroxyl groups excluding tert-OH is 1. The summed E-state index contributed by atoms with van der Waals surface area (Å²) in [5.41, 5.74) is 2.55. The maximum absolute atomic E-state index is 9.06. The molecule has 0 aromatic heterocycles. The molecule has 0 radical (unpaired) electrons. The van der Waals surface area contributed by atoms with Gasteiger partial charge in [0.2, 0.25) is 0 Å². The van der Waals surface area contributed by atoms with E-state index in [9.17, 15) is 0 Å². The third kappa shape index (κ3) is 5.35. The van der Waals surface area contributed by atoms with Crippen LogP contribution in [-0.2, 0) is 0 Å². The van der Waals surface area contributed by atoms with Gasteiger partial charge in [0, 0.05) is 0 Å². The Morgan fingerprint density at radius 2 is 2.22 bits per heavy atom. The smallest absolute Gasteiger partial charge is 0.0796 e. The molecule has 0 spiro atoms. The predicted octanol–water partition coefficient (Wildman–Crippen LogP) is 1.73. The lowest BCUT2D eigenvalue weighted by Gasteiger charge is -2.05. The van der Waals surface area contributed by atoms with Crippen molar-refractivity contribution < 1.29 is 5.11 Å². The van der Waals surface area contributed by atoms with E-state index in [0.29, 0.717) is 5.92 Å². The molecule has 0 saturated carbocycles. The van der Waals surface area contributed by atoms with Gasteiger partial charge in [-0.3, -0.25) is 0 Å². The van der Waals surface area contributed by atoms with Crippen molar-refractivity contribution in [1.29, 1.82) is 0 Å². The Labute approximate surface area is 56.7 Å². The lowest BCUT2D eigenvalue weighted by molar-refractivity contribution is 0.195. The summed E-state index contributed by atoms with van der Waals surface area (Å²) in [6.45, 7) is 7.51. The maximum Gasteiger partial charge on any atom is 0.0796 e. The van der Waals surface area contributed by atoms with Crippen LogP contribution in [0.2, 0.25) is 0 Å². The second-order valence-electron chi connectivity index (χ2n) is 2.57. The number of hydrogen-bond donors (Lipinski definition) is 1. The van der Waals surface area contributed by atoms with Gasteiger partial charge in [0.15, 0.2) is 0 Å². The molecule has 1 N–H and O–H groups in total. The van der Waals surface area contributed by atoms with Gasteiger partial charge in [-0.2, -0.15) is 0 Å². The molecule has 52 valence electrons. The fourth-order valence-electron chi connectivity index (χ4n) is 0.687. The average molecular weight is 126 g/mol. The van der Waals surface area contributed by atoms with Crippen molar-refractivity contribution in [3.63, 3.8) is 0 Å². The summed E-state index contributed by atoms with van der Waals surface area (Å²) in [5.74, 6) is 0.532. The van der Waals surface area contributed by atoms with E-state index in [-0.39, 0.29) is 6.10 Å². The molecular formula is C8H14O. The van der Waals surface area contributed by atoms with Crippen LogP contribution in [0.5, 0.6) is 0 Å². The first-order valence-corrected chi connectivity index (χ1v) is 3.20. The van der Waals surface area contributed by atoms with E-state index >= 15 is 0 Å². The van der Waals surface area contributed by atoms with E-state index in [2.05, 4.69) is 26.2 Å². The molecule has 1 nitrogen and oxygen atoms in total. The average Bonchev–Trinajstić information content (AvgIpc) is 1.63. The van der Waals surface area contributed by atoms with Crippen LogP contribution in [0.1, 0.15) is 20.3 Å². The maximum atomic E-state index is 9.06. The van der Waals surface area contributed by atoms with Crippen LogP contribution in [-0.4, -0.2) is 11.2 Å². The van der Waals surface area contributed by atoms with E-state index in [1.165, 1.54) is 0 Å². The van der Waals surface area contributed by atoms with Crippen LogP contribution in [0.3, 0.4) is 0 Å². The van der Waals surface area contributed by atoms with Crippen molar-refractivity contribution in [3.05, 3.63) is 18.4 Å². The Morgan fingerprint density at radius 1 is 1.67 bits per heavy atom. The molecule has 0 aliphatic carbocycles. The van der Waals surface area contributed by atoms with Crippen LogP contribution in [0, 0.1) is 5.92 Å². The Morgan fingerprint density at radius 3 is 2.56 bits per heavy atom. The molecule has 0 bridgehead atoms. The Balaban J connectivity index is 3.49. The zero-order chi connectivity index (χ0) is 7.28. The van der Waals surface area contributed by atoms with Gasteiger partial charge >= 0.3 is 0 Å². The van der Waals surface area contributed by atoms with Gasteiger partial charge in [0.1, 0.15) is 0 Å². The fraction of sp³-hybridized carbons (Fsp3) is 0.625. The molecule has 0 heterocycles. The van der Waals surface area contributed by atoms with Crippen LogP contribution < -0.4 is 0 Å². The molecule has 9 heavy (non-hydrogen) atoms. The number of rotatable bonds is 3. The number of aliphatic hydroxyl groups is 1. The van der Waals surface area contributed by atoms with Gasteiger partial charge in [-0.15, -0.1) is 5.73 Å². The summed E-state index contributed by atoms with van der Waals surface area (Å²) in [6.07, 6.45) is 2.02. The monoisotopic (exact) mass is 126 g/mol. The van der Waals surface area contributed by atoms with Crippen molar-refractivity contribution in [2.24, 2.45) is 5.92 Å². The Hall–Kier alpha value is -0.520. The molecule has 0 amide bonds. The molecule has 1 unspecified atom stereocenters. The van der Waals surface area contributed by atoms with Gasteiger partial charge in [0.25, 0.3) is 0 Å². The third-order valence-electron chi connectivity index (χ3n) is 1.02. The van der Waals surface area contributed by atoms with Crippen LogP contribution >= 0.6 is 0 Å². The van der Waals surface area contributed by atoms with Crippen molar-refractivity contribution >= 4 is 0 Å². The summed E-state index contributed by atoms with van der Waals surface area (Å²) < 4.78 is 0. The SMILES string of the molecule is C=C=CC(O)CC(C)C. The Bertz CT molecular complexity index is 110. The van der Waals surface area contributed by atoms with Gasteiger partial charge in [-0.25, -0.2) is 0 Å². The standard InChI is InChI=1S/C8H14O/c1-4-5-8(9)6-7(2)3/h5,7-9H,1,6H2,2-3H3. The van der Waals surface area contributed by atoms with Crippen LogP contribution in [0.4, 0.5) is 0 Å². The molecular weight excluding hydrogens is 112 g/mol. The van der Waals surface area contributed by atoms with Crippen LogP contribution in [0.15, 0.2) is 18.4 Å². The largest absolute Gasteiger partial charge is 0.388 e. The molecule has 0 rings (SSSR count). The highest BCUT2D eigenvalue weighted by Crippen LogP contribution is 2.04. The highest BCUT2D eigenvalue weighted by atomic mass is 16.3. The van der Waals surface area contributed by atoms with E-state index in [0.717, 1.165) is 6.42 Å². The summed E-state index contributed by atoms with van der Waals surface area (Å²) in [6, 6.07) is 0. The normalized spacial score (nSPS) is 12.9. The molecule has 0 aromatic rings. The third-order valence-corrected chi connectivity index (χ3v) is 1.02. The van der Waals surface area contributed by atoms with Crippen molar-refractivity contribution in [3.8, 4) is 0 Å². The Kier molecular flexibility index (Phi) is 4.12. The van der Waals surface area contributed by atoms with E-state index in [1.807, 2.05) is 0 Å². The molecule has 1 atom stereocenters. The topological polar surface area (TPSA) is 20.2 Å². The first kappa shape index (κ1) is 8.48. The van der Waals surface area contributed by atoms with Crippen molar-refractivity contribution in [2.75, 3.05) is 0 Å². The zero-order valence-corrected chi connectivity index (χ0v) is 6.09. The second kappa shape index (κ2) is 4.37. The minimum Gasteiger partial charge on any atom is -0.388 e. The predicted molar refractivity (Wildman–Crippen MR) is 39.2 cm³/mol. The molecule has 0 aliphatic heterocycles. The van der Waals surface area contributed by atoms with Gasteiger partial charge in [-0.05, 0) is 18.4 Å². The molecule has 0 fully saturated rings. The number of hydrogen-bond acceptors (Lipinski definition) is 1. The van der Waals surface area contributed by atoms with E-state index in [1.54, 1.807) is 6.08 Å². The van der Waals surface area contributed by atoms with E-state index < -0.39 is 0 Å². The molecule has 1 heteroatoms.